The van der Waals surface area contributed by atoms with Crippen LogP contribution in [0.15, 0.2) is 40.1 Å². The van der Waals surface area contributed by atoms with Crippen molar-refractivity contribution in [2.75, 3.05) is 17.8 Å². The second-order valence-electron chi connectivity index (χ2n) is 4.37. The number of thiophene rings is 1. The number of benzene rings is 1. The van der Waals surface area contributed by atoms with Crippen molar-refractivity contribution < 1.29 is 4.21 Å². The Balaban J connectivity index is 2.19. The Morgan fingerprint density at radius 1 is 1.37 bits per heavy atom. The number of nitrogens with zero attached hydrogens (tertiary/aromatic N) is 1. The SMILES string of the molecule is CS(C)(=O)=Nc1ccccc1NCc1cc(Cl)cs1. The highest BCUT2D eigenvalue weighted by molar-refractivity contribution is 7.92. The zero-order valence-electron chi connectivity index (χ0n) is 10.7. The molecule has 102 valence electrons. The maximum atomic E-state index is 11.8. The quantitative estimate of drug-likeness (QED) is 0.910. The van der Waals surface area contributed by atoms with Gasteiger partial charge in [0.1, 0.15) is 0 Å². The van der Waals surface area contributed by atoms with Crippen LogP contribution in [0.2, 0.25) is 5.02 Å². The molecule has 0 saturated heterocycles. The Morgan fingerprint density at radius 2 is 2.11 bits per heavy atom. The van der Waals surface area contributed by atoms with Crippen LogP contribution in [-0.4, -0.2) is 16.7 Å². The second-order valence-corrected chi connectivity index (χ2v) is 8.35. The lowest BCUT2D eigenvalue weighted by Crippen LogP contribution is -1.98. The number of rotatable bonds is 4. The summed E-state index contributed by atoms with van der Waals surface area (Å²) in [6.45, 7) is 0.679. The topological polar surface area (TPSA) is 41.5 Å². The highest BCUT2D eigenvalue weighted by atomic mass is 35.5. The summed E-state index contributed by atoms with van der Waals surface area (Å²) >= 11 is 7.49. The predicted molar refractivity (Wildman–Crippen MR) is 85.2 cm³/mol. The van der Waals surface area contributed by atoms with E-state index in [2.05, 4.69) is 9.68 Å². The van der Waals surface area contributed by atoms with E-state index in [1.54, 1.807) is 23.8 Å². The van der Waals surface area contributed by atoms with Gasteiger partial charge in [-0.25, -0.2) is 4.21 Å². The number of nitrogens with one attached hydrogen (secondary N) is 1. The molecule has 1 aromatic heterocycles. The monoisotopic (exact) mass is 314 g/mol. The normalized spacial score (nSPS) is 11.3. The van der Waals surface area contributed by atoms with Gasteiger partial charge in [-0.2, -0.15) is 4.36 Å². The first-order chi connectivity index (χ1) is 8.94. The van der Waals surface area contributed by atoms with Gasteiger partial charge in [-0.1, -0.05) is 23.7 Å². The fraction of sp³-hybridized carbons (Fsp3) is 0.231. The van der Waals surface area contributed by atoms with Crippen LogP contribution in [0, 0.1) is 0 Å². The third-order valence-electron chi connectivity index (χ3n) is 2.30. The minimum Gasteiger partial charge on any atom is -0.378 e. The van der Waals surface area contributed by atoms with Crippen LogP contribution in [0.3, 0.4) is 0 Å². The van der Waals surface area contributed by atoms with E-state index in [9.17, 15) is 4.21 Å². The van der Waals surface area contributed by atoms with E-state index in [0.29, 0.717) is 6.54 Å². The molecule has 1 aromatic carbocycles. The lowest BCUT2D eigenvalue weighted by molar-refractivity contribution is 0.684. The van der Waals surface area contributed by atoms with E-state index >= 15 is 0 Å². The van der Waals surface area contributed by atoms with Crippen molar-refractivity contribution in [1.29, 1.82) is 0 Å². The van der Waals surface area contributed by atoms with Crippen molar-refractivity contribution in [1.82, 2.24) is 0 Å². The predicted octanol–water partition coefficient (Wildman–Crippen LogP) is 4.37. The number of halogens is 1. The lowest BCUT2D eigenvalue weighted by atomic mass is 10.2. The van der Waals surface area contributed by atoms with Crippen LogP contribution in [-0.2, 0) is 16.3 Å². The van der Waals surface area contributed by atoms with Crippen LogP contribution in [0.4, 0.5) is 11.4 Å². The smallest absolute Gasteiger partial charge is 0.0961 e. The number of para-hydroxylation sites is 1. The highest BCUT2D eigenvalue weighted by Crippen LogP contribution is 2.27. The Bertz CT molecular complexity index is 679. The lowest BCUT2D eigenvalue weighted by Gasteiger charge is -2.08. The van der Waals surface area contributed by atoms with Crippen LogP contribution in [0.5, 0.6) is 0 Å². The number of anilines is 1. The highest BCUT2D eigenvalue weighted by Gasteiger charge is 2.03. The van der Waals surface area contributed by atoms with Crippen molar-refractivity contribution in [2.45, 2.75) is 6.54 Å². The van der Waals surface area contributed by atoms with Crippen molar-refractivity contribution in [3.8, 4) is 0 Å². The minimum atomic E-state index is -2.16. The standard InChI is InChI=1S/C13H15ClN2OS2/c1-19(2,17)16-13-6-4-3-5-12(13)15-8-11-7-10(14)9-18-11/h3-7,9,15H,8H2,1-2H3. The fourth-order valence-corrected chi connectivity index (χ4v) is 3.21. The molecule has 0 amide bonds. The molecule has 2 aromatic rings. The van der Waals surface area contributed by atoms with Crippen LogP contribution in [0.25, 0.3) is 0 Å². The van der Waals surface area contributed by atoms with E-state index < -0.39 is 9.73 Å². The molecule has 0 saturated carbocycles. The van der Waals surface area contributed by atoms with Gasteiger partial charge >= 0.3 is 0 Å². The molecule has 0 aliphatic rings. The van der Waals surface area contributed by atoms with Gasteiger partial charge in [0.15, 0.2) is 0 Å². The van der Waals surface area contributed by atoms with Gasteiger partial charge in [0.25, 0.3) is 0 Å². The summed E-state index contributed by atoms with van der Waals surface area (Å²) in [5.41, 5.74) is 1.60. The van der Waals surface area contributed by atoms with Gasteiger partial charge < -0.3 is 5.32 Å². The zero-order valence-corrected chi connectivity index (χ0v) is 13.1. The molecule has 0 radical (unpaired) electrons. The van der Waals surface area contributed by atoms with Crippen molar-refractivity contribution >= 4 is 44.0 Å². The largest absolute Gasteiger partial charge is 0.378 e. The van der Waals surface area contributed by atoms with E-state index in [-0.39, 0.29) is 0 Å². The van der Waals surface area contributed by atoms with E-state index in [0.717, 1.165) is 21.3 Å². The number of hydrogen-bond acceptors (Lipinski definition) is 4. The van der Waals surface area contributed by atoms with E-state index in [4.69, 9.17) is 11.6 Å². The molecule has 0 spiro atoms. The molecule has 2 rings (SSSR count). The average molecular weight is 315 g/mol. The molecule has 0 atom stereocenters. The van der Waals surface area contributed by atoms with Crippen LogP contribution < -0.4 is 5.32 Å². The Morgan fingerprint density at radius 3 is 2.74 bits per heavy atom. The van der Waals surface area contributed by atoms with Gasteiger partial charge in [0.2, 0.25) is 0 Å². The third-order valence-corrected chi connectivity index (χ3v) is 4.22. The summed E-state index contributed by atoms with van der Waals surface area (Å²) < 4.78 is 16.0. The number of hydrogen-bond donors (Lipinski definition) is 1. The zero-order chi connectivity index (χ0) is 13.9. The minimum absolute atomic E-state index is 0.679. The molecular weight excluding hydrogens is 300 g/mol. The van der Waals surface area contributed by atoms with E-state index in [1.165, 1.54) is 0 Å². The summed E-state index contributed by atoms with van der Waals surface area (Å²) in [5.74, 6) is 0. The molecule has 3 nitrogen and oxygen atoms in total. The third kappa shape index (κ3) is 4.53. The molecule has 0 fully saturated rings. The van der Waals surface area contributed by atoms with Gasteiger partial charge in [0.05, 0.1) is 16.4 Å². The Labute approximate surface area is 122 Å². The molecule has 1 heterocycles. The van der Waals surface area contributed by atoms with Gasteiger partial charge in [-0.15, -0.1) is 11.3 Å². The van der Waals surface area contributed by atoms with Crippen LogP contribution >= 0.6 is 22.9 Å². The Kier molecular flexibility index (Phi) is 4.50. The molecule has 0 unspecified atom stereocenters. The maximum Gasteiger partial charge on any atom is 0.0961 e. The van der Waals surface area contributed by atoms with Crippen LogP contribution in [0.1, 0.15) is 4.88 Å². The van der Waals surface area contributed by atoms with Crippen molar-refractivity contribution in [3.05, 3.63) is 45.6 Å². The molecule has 0 aliphatic heterocycles. The van der Waals surface area contributed by atoms with E-state index in [1.807, 2.05) is 35.7 Å². The van der Waals surface area contributed by atoms with Crippen molar-refractivity contribution in [3.63, 3.8) is 0 Å². The van der Waals surface area contributed by atoms with Gasteiger partial charge in [0, 0.05) is 39.0 Å². The summed E-state index contributed by atoms with van der Waals surface area (Å²) in [4.78, 5) is 1.15. The fourth-order valence-electron chi connectivity index (χ4n) is 1.57. The molecule has 0 aliphatic carbocycles. The van der Waals surface area contributed by atoms with Gasteiger partial charge in [-0.3, -0.25) is 0 Å². The summed E-state index contributed by atoms with van der Waals surface area (Å²) in [6.07, 6.45) is 3.26. The summed E-state index contributed by atoms with van der Waals surface area (Å²) in [7, 11) is -2.16. The molecular formula is C13H15ClN2OS2. The first kappa shape index (κ1) is 14.4. The average Bonchev–Trinajstić information content (AvgIpc) is 2.72. The first-order valence-electron chi connectivity index (χ1n) is 5.67. The van der Waals surface area contributed by atoms with Crippen molar-refractivity contribution in [2.24, 2.45) is 4.36 Å². The molecule has 0 bridgehead atoms. The molecule has 1 N–H and O–H groups in total. The Hall–Kier alpha value is -1.04. The summed E-state index contributed by atoms with van der Waals surface area (Å²) in [6, 6.07) is 9.53. The van der Waals surface area contributed by atoms with Gasteiger partial charge in [-0.05, 0) is 18.2 Å². The first-order valence-corrected chi connectivity index (χ1v) is 9.26. The summed E-state index contributed by atoms with van der Waals surface area (Å²) in [5, 5.41) is 5.96. The molecule has 19 heavy (non-hydrogen) atoms. The molecule has 6 heteroatoms. The second kappa shape index (κ2) is 5.94. The maximum absolute atomic E-state index is 11.8.